The molecule has 2 rings (SSSR count). The molecule has 0 saturated heterocycles. The highest BCUT2D eigenvalue weighted by molar-refractivity contribution is 5.83. The van der Waals surface area contributed by atoms with E-state index in [1.54, 1.807) is 20.0 Å². The third kappa shape index (κ3) is 5.77. The summed E-state index contributed by atoms with van der Waals surface area (Å²) >= 11 is 0. The minimum Gasteiger partial charge on any atom is -0.466 e. The van der Waals surface area contributed by atoms with Gasteiger partial charge in [0.2, 0.25) is 0 Å². The van der Waals surface area contributed by atoms with Gasteiger partial charge in [-0.2, -0.15) is 5.10 Å². The summed E-state index contributed by atoms with van der Waals surface area (Å²) in [5.41, 5.74) is 2.41. The van der Waals surface area contributed by atoms with Crippen LogP contribution in [0.15, 0.2) is 18.3 Å². The van der Waals surface area contributed by atoms with Crippen LogP contribution < -0.4 is 0 Å². The van der Waals surface area contributed by atoms with E-state index in [9.17, 15) is 14.7 Å². The molecule has 1 heterocycles. The fourth-order valence-electron chi connectivity index (χ4n) is 2.95. The SMILES string of the molecule is CCOC(=O)C(Cc1ccc2[nH]ncc2c1COC(C)=O)CC(O)OCC. The first-order valence-electron chi connectivity index (χ1n) is 8.99. The monoisotopic (exact) mass is 378 g/mol. The second-order valence-corrected chi connectivity index (χ2v) is 6.11. The number of esters is 2. The smallest absolute Gasteiger partial charge is 0.309 e. The zero-order valence-corrected chi connectivity index (χ0v) is 15.9. The minimum atomic E-state index is -1.06. The Hall–Kier alpha value is -2.45. The molecule has 0 aliphatic rings. The van der Waals surface area contributed by atoms with E-state index in [-0.39, 0.29) is 19.6 Å². The van der Waals surface area contributed by atoms with Gasteiger partial charge in [0.05, 0.1) is 24.2 Å². The molecular formula is C19H26N2O6. The number of rotatable bonds is 10. The summed E-state index contributed by atoms with van der Waals surface area (Å²) in [6.07, 6.45) is 1.04. The van der Waals surface area contributed by atoms with Crippen LogP contribution in [0.4, 0.5) is 0 Å². The van der Waals surface area contributed by atoms with Crippen molar-refractivity contribution in [3.05, 3.63) is 29.5 Å². The Morgan fingerprint density at radius 1 is 1.22 bits per heavy atom. The maximum atomic E-state index is 12.4. The molecule has 8 nitrogen and oxygen atoms in total. The molecule has 2 atom stereocenters. The number of nitrogens with one attached hydrogen (secondary N) is 1. The number of aromatic amines is 1. The molecule has 0 amide bonds. The number of aliphatic hydroxyl groups is 1. The molecule has 2 N–H and O–H groups in total. The predicted octanol–water partition coefficient (Wildman–Crippen LogP) is 2.09. The molecule has 1 aromatic carbocycles. The molecule has 0 fully saturated rings. The quantitative estimate of drug-likeness (QED) is 0.481. The third-order valence-corrected chi connectivity index (χ3v) is 4.18. The highest BCUT2D eigenvalue weighted by Crippen LogP contribution is 2.26. The van der Waals surface area contributed by atoms with E-state index < -0.39 is 24.1 Å². The van der Waals surface area contributed by atoms with Gasteiger partial charge in [-0.05, 0) is 31.9 Å². The second-order valence-electron chi connectivity index (χ2n) is 6.11. The van der Waals surface area contributed by atoms with E-state index >= 15 is 0 Å². The summed E-state index contributed by atoms with van der Waals surface area (Å²) in [5, 5.41) is 17.7. The van der Waals surface area contributed by atoms with Crippen LogP contribution in [0.1, 0.15) is 38.3 Å². The normalized spacial score (nSPS) is 13.3. The average molecular weight is 378 g/mol. The van der Waals surface area contributed by atoms with Crippen molar-refractivity contribution in [2.24, 2.45) is 5.92 Å². The Labute approximate surface area is 157 Å². The first-order chi connectivity index (χ1) is 13.0. The lowest BCUT2D eigenvalue weighted by Crippen LogP contribution is -2.27. The van der Waals surface area contributed by atoms with Crippen LogP contribution in [0.3, 0.4) is 0 Å². The first-order valence-corrected chi connectivity index (χ1v) is 8.99. The summed E-state index contributed by atoms with van der Waals surface area (Å²) in [4.78, 5) is 23.7. The molecule has 0 bridgehead atoms. The second kappa shape index (κ2) is 10.0. The van der Waals surface area contributed by atoms with E-state index in [4.69, 9.17) is 14.2 Å². The molecule has 2 unspecified atom stereocenters. The minimum absolute atomic E-state index is 0.0745. The van der Waals surface area contributed by atoms with Crippen molar-refractivity contribution in [2.75, 3.05) is 13.2 Å². The van der Waals surface area contributed by atoms with Crippen molar-refractivity contribution < 1.29 is 28.9 Å². The maximum Gasteiger partial charge on any atom is 0.309 e. The molecule has 2 aromatic rings. The van der Waals surface area contributed by atoms with Gasteiger partial charge in [0.15, 0.2) is 6.29 Å². The summed E-state index contributed by atoms with van der Waals surface area (Å²) in [7, 11) is 0. The van der Waals surface area contributed by atoms with Crippen molar-refractivity contribution in [3.8, 4) is 0 Å². The van der Waals surface area contributed by atoms with Crippen LogP contribution in [0.5, 0.6) is 0 Å². The van der Waals surface area contributed by atoms with Crippen LogP contribution in [-0.2, 0) is 36.8 Å². The van der Waals surface area contributed by atoms with Gasteiger partial charge < -0.3 is 19.3 Å². The molecule has 8 heteroatoms. The summed E-state index contributed by atoms with van der Waals surface area (Å²) < 4.78 is 15.5. The van der Waals surface area contributed by atoms with E-state index in [2.05, 4.69) is 10.2 Å². The van der Waals surface area contributed by atoms with Crippen LogP contribution in [-0.4, -0.2) is 46.7 Å². The van der Waals surface area contributed by atoms with Crippen molar-refractivity contribution >= 4 is 22.8 Å². The number of carbonyl (C=O) groups is 2. The Morgan fingerprint density at radius 2 is 2.00 bits per heavy atom. The van der Waals surface area contributed by atoms with Crippen LogP contribution in [0, 0.1) is 5.92 Å². The van der Waals surface area contributed by atoms with Gasteiger partial charge in [0.1, 0.15) is 6.61 Å². The van der Waals surface area contributed by atoms with E-state index in [0.717, 1.165) is 22.0 Å². The highest BCUT2D eigenvalue weighted by atomic mass is 16.6. The zero-order valence-electron chi connectivity index (χ0n) is 15.9. The lowest BCUT2D eigenvalue weighted by molar-refractivity contribution is -0.155. The number of H-pyrrole nitrogens is 1. The zero-order chi connectivity index (χ0) is 19.8. The number of ether oxygens (including phenoxy) is 3. The molecule has 148 valence electrons. The van der Waals surface area contributed by atoms with E-state index in [1.165, 1.54) is 6.92 Å². The fourth-order valence-corrected chi connectivity index (χ4v) is 2.95. The van der Waals surface area contributed by atoms with Crippen molar-refractivity contribution in [2.45, 2.75) is 46.5 Å². The Balaban J connectivity index is 2.31. The van der Waals surface area contributed by atoms with Gasteiger partial charge in [-0.15, -0.1) is 0 Å². The topological polar surface area (TPSA) is 111 Å². The maximum absolute atomic E-state index is 12.4. The summed E-state index contributed by atoms with van der Waals surface area (Å²) in [6.45, 7) is 5.51. The molecule has 0 aliphatic heterocycles. The molecular weight excluding hydrogens is 352 g/mol. The number of aromatic nitrogens is 2. The molecule has 0 saturated carbocycles. The van der Waals surface area contributed by atoms with Crippen molar-refractivity contribution in [1.29, 1.82) is 0 Å². The largest absolute Gasteiger partial charge is 0.466 e. The van der Waals surface area contributed by atoms with Gasteiger partial charge in [-0.3, -0.25) is 14.7 Å². The number of nitrogens with zero attached hydrogens (tertiary/aromatic N) is 1. The third-order valence-electron chi connectivity index (χ3n) is 4.18. The van der Waals surface area contributed by atoms with Crippen LogP contribution in [0.2, 0.25) is 0 Å². The lowest BCUT2D eigenvalue weighted by Gasteiger charge is -2.20. The lowest BCUT2D eigenvalue weighted by atomic mass is 9.91. The Morgan fingerprint density at radius 3 is 2.67 bits per heavy atom. The number of benzene rings is 1. The molecule has 1 aromatic heterocycles. The molecule has 0 radical (unpaired) electrons. The van der Waals surface area contributed by atoms with Crippen molar-refractivity contribution in [1.82, 2.24) is 10.2 Å². The van der Waals surface area contributed by atoms with Gasteiger partial charge in [-0.1, -0.05) is 6.07 Å². The van der Waals surface area contributed by atoms with E-state index in [1.807, 2.05) is 12.1 Å². The highest BCUT2D eigenvalue weighted by Gasteiger charge is 2.26. The Bertz CT molecular complexity index is 773. The average Bonchev–Trinajstić information content (AvgIpc) is 3.09. The van der Waals surface area contributed by atoms with Gasteiger partial charge in [0.25, 0.3) is 0 Å². The number of hydrogen-bond donors (Lipinski definition) is 2. The molecule has 0 aliphatic carbocycles. The molecule has 0 spiro atoms. The van der Waals surface area contributed by atoms with Crippen LogP contribution >= 0.6 is 0 Å². The fraction of sp³-hybridized carbons (Fsp3) is 0.526. The molecule has 27 heavy (non-hydrogen) atoms. The van der Waals surface area contributed by atoms with Gasteiger partial charge in [-0.25, -0.2) is 0 Å². The predicted molar refractivity (Wildman–Crippen MR) is 97.6 cm³/mol. The number of hydrogen-bond acceptors (Lipinski definition) is 7. The van der Waals surface area contributed by atoms with Gasteiger partial charge in [0, 0.05) is 30.9 Å². The van der Waals surface area contributed by atoms with Crippen LogP contribution in [0.25, 0.3) is 10.9 Å². The standard InChI is InChI=1S/C19H26N2O6/c1-4-25-18(23)9-14(19(24)26-5-2)8-13-6-7-17-15(10-20-21-17)16(13)11-27-12(3)22/h6-7,10,14,18,23H,4-5,8-9,11H2,1-3H3,(H,20,21). The summed E-state index contributed by atoms with van der Waals surface area (Å²) in [5.74, 6) is -1.39. The Kier molecular flexibility index (Phi) is 7.75. The van der Waals surface area contributed by atoms with Crippen molar-refractivity contribution in [3.63, 3.8) is 0 Å². The van der Waals surface area contributed by atoms with E-state index in [0.29, 0.717) is 13.0 Å². The number of fused-ring (bicyclic) bond motifs is 1. The summed E-state index contributed by atoms with van der Waals surface area (Å²) in [6, 6.07) is 3.72. The first kappa shape index (κ1) is 20.9. The van der Waals surface area contributed by atoms with Gasteiger partial charge >= 0.3 is 11.9 Å². The number of aliphatic hydroxyl groups excluding tert-OH is 1. The number of carbonyl (C=O) groups excluding carboxylic acids is 2.